The molecule has 1 amide bonds. The molecule has 5 aliphatic rings. The highest BCUT2D eigenvalue weighted by molar-refractivity contribution is 7.13. The molecule has 0 saturated carbocycles. The van der Waals surface area contributed by atoms with Gasteiger partial charge in [0.05, 0.1) is 4.70 Å². The highest BCUT2D eigenvalue weighted by atomic mass is 32.1. The van der Waals surface area contributed by atoms with Gasteiger partial charge in [0.1, 0.15) is 5.69 Å². The number of carbonyl (C=O) groups excluding carboxylic acids is 1. The molecular weight excluding hydrogens is 382 g/mol. The van der Waals surface area contributed by atoms with Crippen LogP contribution in [0.5, 0.6) is 0 Å². The fraction of sp³-hybridized carbons (Fsp3) is 0.636. The summed E-state index contributed by atoms with van der Waals surface area (Å²) in [5, 5.41) is 4.29. The zero-order valence-corrected chi connectivity index (χ0v) is 17.8. The zero-order valence-electron chi connectivity index (χ0n) is 17.0. The molecule has 6 nitrogen and oxygen atoms in total. The van der Waals surface area contributed by atoms with Crippen LogP contribution in [0.15, 0.2) is 18.2 Å². The molecule has 1 aromatic heterocycles. The van der Waals surface area contributed by atoms with E-state index >= 15 is 0 Å². The van der Waals surface area contributed by atoms with Crippen molar-refractivity contribution < 1.29 is 4.79 Å². The molecular formula is C22H29N5OS. The lowest BCUT2D eigenvalue weighted by atomic mass is 9.84. The Balaban J connectivity index is 1.21. The maximum atomic E-state index is 13.0. The molecule has 0 radical (unpaired) electrons. The summed E-state index contributed by atoms with van der Waals surface area (Å²) in [5.41, 5.74) is 1.88. The summed E-state index contributed by atoms with van der Waals surface area (Å²) in [4.78, 5) is 20.5. The number of carbonyl (C=O) groups is 1. The van der Waals surface area contributed by atoms with E-state index in [0.29, 0.717) is 23.7 Å². The number of amides is 1. The van der Waals surface area contributed by atoms with Crippen LogP contribution in [0.1, 0.15) is 36.2 Å². The maximum Gasteiger partial charge on any atom is 0.271 e. The van der Waals surface area contributed by atoms with Gasteiger partial charge in [-0.2, -0.15) is 4.37 Å². The Labute approximate surface area is 176 Å². The van der Waals surface area contributed by atoms with Crippen LogP contribution >= 0.6 is 11.5 Å². The second kappa shape index (κ2) is 6.93. The van der Waals surface area contributed by atoms with Gasteiger partial charge >= 0.3 is 0 Å². The van der Waals surface area contributed by atoms with Crippen molar-refractivity contribution in [2.75, 3.05) is 44.7 Å². The van der Waals surface area contributed by atoms with E-state index in [2.05, 4.69) is 49.6 Å². The SMILES string of the molecule is CN1C2CCC1CN(c1ccc3c(C(=O)N[C@@H]4CN5CCC4CC5)nsc3c1)C2. The molecule has 1 aromatic carbocycles. The van der Waals surface area contributed by atoms with E-state index in [1.807, 2.05) is 0 Å². The zero-order chi connectivity index (χ0) is 19.5. The first-order valence-corrected chi connectivity index (χ1v) is 11.8. The van der Waals surface area contributed by atoms with Crippen LogP contribution in [-0.2, 0) is 0 Å². The number of aromatic nitrogens is 1. The number of hydrogen-bond donors (Lipinski definition) is 1. The first kappa shape index (κ1) is 18.1. The summed E-state index contributed by atoms with van der Waals surface area (Å²) < 4.78 is 5.67. The number of nitrogens with one attached hydrogen (secondary N) is 1. The molecule has 7 rings (SSSR count). The number of benzene rings is 1. The van der Waals surface area contributed by atoms with E-state index in [-0.39, 0.29) is 11.9 Å². The number of nitrogens with zero attached hydrogens (tertiary/aromatic N) is 4. The standard InChI is InChI=1S/C22H29N5OS/c1-25-16-2-3-17(25)12-27(11-16)15-4-5-18-20(10-15)29-24-21(18)22(28)23-19-13-26-8-6-14(19)7-9-26/h4-5,10,14,16-17,19H,2-3,6-9,11-13H2,1H3,(H,23,28)/t16?,17?,19-/m1/s1. The maximum absolute atomic E-state index is 13.0. The Morgan fingerprint density at radius 1 is 1.10 bits per heavy atom. The number of fused-ring (bicyclic) bond motifs is 6. The number of rotatable bonds is 3. The molecule has 5 saturated heterocycles. The predicted octanol–water partition coefficient (Wildman–Crippen LogP) is 2.40. The first-order chi connectivity index (χ1) is 14.2. The number of likely N-dealkylation sites (N-methyl/N-ethyl adjacent to an activating group) is 1. The number of anilines is 1. The Hall–Kier alpha value is -1.70. The van der Waals surface area contributed by atoms with Gasteiger partial charge in [0.25, 0.3) is 5.91 Å². The van der Waals surface area contributed by atoms with E-state index < -0.39 is 0 Å². The third kappa shape index (κ3) is 3.05. The van der Waals surface area contributed by atoms with Crippen molar-refractivity contribution in [1.29, 1.82) is 0 Å². The van der Waals surface area contributed by atoms with Crippen LogP contribution in [0.3, 0.4) is 0 Å². The lowest BCUT2D eigenvalue weighted by molar-refractivity contribution is 0.0619. The molecule has 6 heterocycles. The van der Waals surface area contributed by atoms with Crippen LogP contribution in [-0.4, -0.2) is 78.0 Å². The fourth-order valence-electron chi connectivity index (χ4n) is 5.98. The van der Waals surface area contributed by atoms with Crippen molar-refractivity contribution in [1.82, 2.24) is 19.5 Å². The molecule has 0 aliphatic carbocycles. The second-order valence-electron chi connectivity index (χ2n) is 9.39. The molecule has 2 aromatic rings. The minimum atomic E-state index is 0.000363. The Morgan fingerprint density at radius 3 is 2.55 bits per heavy atom. The Morgan fingerprint density at radius 2 is 1.86 bits per heavy atom. The summed E-state index contributed by atoms with van der Waals surface area (Å²) >= 11 is 1.46. The van der Waals surface area contributed by atoms with Crippen molar-refractivity contribution >= 4 is 33.2 Å². The lowest BCUT2D eigenvalue weighted by Crippen LogP contribution is -2.57. The summed E-state index contributed by atoms with van der Waals surface area (Å²) in [7, 11) is 2.27. The average molecular weight is 412 g/mol. The predicted molar refractivity (Wildman–Crippen MR) is 117 cm³/mol. The van der Waals surface area contributed by atoms with Crippen LogP contribution in [0.25, 0.3) is 10.1 Å². The van der Waals surface area contributed by atoms with Gasteiger partial charge < -0.3 is 15.1 Å². The van der Waals surface area contributed by atoms with E-state index in [1.165, 1.54) is 56.0 Å². The summed E-state index contributed by atoms with van der Waals surface area (Å²) in [6.07, 6.45) is 5.03. The van der Waals surface area contributed by atoms with Crippen molar-refractivity contribution in [2.24, 2.45) is 5.92 Å². The Kier molecular flexibility index (Phi) is 4.32. The third-order valence-corrected chi connectivity index (χ3v) is 8.66. The summed E-state index contributed by atoms with van der Waals surface area (Å²) in [5.74, 6) is 0.633. The normalized spacial score (nSPS) is 34.1. The third-order valence-electron chi connectivity index (χ3n) is 7.86. The summed E-state index contributed by atoms with van der Waals surface area (Å²) in [6.45, 7) is 5.57. The molecule has 1 N–H and O–H groups in total. The lowest BCUT2D eigenvalue weighted by Gasteiger charge is -2.44. The molecule has 5 fully saturated rings. The van der Waals surface area contributed by atoms with Gasteiger partial charge in [0, 0.05) is 48.8 Å². The molecule has 29 heavy (non-hydrogen) atoms. The van der Waals surface area contributed by atoms with E-state index in [4.69, 9.17) is 0 Å². The first-order valence-electron chi connectivity index (χ1n) is 11.1. The van der Waals surface area contributed by atoms with Gasteiger partial charge in [-0.05, 0) is 81.5 Å². The number of piperazine rings is 1. The smallest absolute Gasteiger partial charge is 0.271 e. The summed E-state index contributed by atoms with van der Waals surface area (Å²) in [6, 6.07) is 8.17. The fourth-order valence-corrected chi connectivity index (χ4v) is 6.78. The van der Waals surface area contributed by atoms with Gasteiger partial charge in [0.15, 0.2) is 0 Å². The number of piperidine rings is 3. The monoisotopic (exact) mass is 411 g/mol. The molecule has 5 aliphatic heterocycles. The highest BCUT2D eigenvalue weighted by Gasteiger charge is 2.38. The van der Waals surface area contributed by atoms with Crippen LogP contribution in [0, 0.1) is 5.92 Å². The largest absolute Gasteiger partial charge is 0.368 e. The van der Waals surface area contributed by atoms with Crippen LogP contribution in [0.4, 0.5) is 5.69 Å². The topological polar surface area (TPSA) is 51.7 Å². The number of hydrogen-bond acceptors (Lipinski definition) is 6. The van der Waals surface area contributed by atoms with Crippen molar-refractivity contribution in [2.45, 2.75) is 43.8 Å². The minimum absolute atomic E-state index is 0.000363. The van der Waals surface area contributed by atoms with E-state index in [1.54, 1.807) is 0 Å². The van der Waals surface area contributed by atoms with Crippen molar-refractivity contribution in [3.05, 3.63) is 23.9 Å². The van der Waals surface area contributed by atoms with E-state index in [9.17, 15) is 4.79 Å². The molecule has 154 valence electrons. The molecule has 4 bridgehead atoms. The van der Waals surface area contributed by atoms with Gasteiger partial charge in [-0.25, -0.2) is 0 Å². The minimum Gasteiger partial charge on any atom is -0.368 e. The molecule has 3 atom stereocenters. The van der Waals surface area contributed by atoms with Gasteiger partial charge in [0.2, 0.25) is 0 Å². The van der Waals surface area contributed by atoms with Crippen LogP contribution < -0.4 is 10.2 Å². The average Bonchev–Trinajstić information content (AvgIpc) is 3.24. The highest BCUT2D eigenvalue weighted by Crippen LogP contribution is 2.34. The van der Waals surface area contributed by atoms with Crippen LogP contribution in [0.2, 0.25) is 0 Å². The second-order valence-corrected chi connectivity index (χ2v) is 10.2. The van der Waals surface area contributed by atoms with Gasteiger partial charge in [-0.15, -0.1) is 0 Å². The van der Waals surface area contributed by atoms with E-state index in [0.717, 1.165) is 29.7 Å². The van der Waals surface area contributed by atoms with Crippen molar-refractivity contribution in [3.8, 4) is 0 Å². The molecule has 0 spiro atoms. The molecule has 7 heteroatoms. The quantitative estimate of drug-likeness (QED) is 0.841. The Bertz CT molecular complexity index is 922. The molecule has 2 unspecified atom stereocenters. The van der Waals surface area contributed by atoms with Crippen molar-refractivity contribution in [3.63, 3.8) is 0 Å². The van der Waals surface area contributed by atoms with Gasteiger partial charge in [-0.1, -0.05) is 0 Å². The van der Waals surface area contributed by atoms with Gasteiger partial charge in [-0.3, -0.25) is 9.69 Å².